The van der Waals surface area contributed by atoms with E-state index in [2.05, 4.69) is 19.2 Å². The highest BCUT2D eigenvalue weighted by molar-refractivity contribution is 5.82. The Hall–Kier alpha value is -3.35. The number of nitrogens with one attached hydrogen (secondary N) is 1. The quantitative estimate of drug-likeness (QED) is 0.375. The second kappa shape index (κ2) is 7.72. The first-order valence-corrected chi connectivity index (χ1v) is 8.93. The van der Waals surface area contributed by atoms with Crippen LogP contribution in [0.2, 0.25) is 0 Å². The molecule has 0 amide bonds. The predicted molar refractivity (Wildman–Crippen MR) is 108 cm³/mol. The lowest BCUT2D eigenvalue weighted by molar-refractivity contribution is -0.384. The minimum absolute atomic E-state index is 0.0431. The van der Waals surface area contributed by atoms with Gasteiger partial charge in [-0.2, -0.15) is 0 Å². The molecule has 0 spiro atoms. The minimum Gasteiger partial charge on any atom is -0.495 e. The monoisotopic (exact) mass is 382 g/mol. The van der Waals surface area contributed by atoms with E-state index in [-0.39, 0.29) is 5.69 Å². The van der Waals surface area contributed by atoms with Gasteiger partial charge in [-0.05, 0) is 47.7 Å². The maximum atomic E-state index is 12.0. The summed E-state index contributed by atoms with van der Waals surface area (Å²) in [5.74, 6) is 0.811. The van der Waals surface area contributed by atoms with E-state index >= 15 is 0 Å². The summed E-state index contributed by atoms with van der Waals surface area (Å²) < 4.78 is 10.6. The fourth-order valence-electron chi connectivity index (χ4n) is 3.30. The van der Waals surface area contributed by atoms with E-state index < -0.39 is 10.5 Å². The summed E-state index contributed by atoms with van der Waals surface area (Å²) >= 11 is 0. The van der Waals surface area contributed by atoms with E-state index in [4.69, 9.17) is 9.15 Å². The zero-order valence-electron chi connectivity index (χ0n) is 16.2. The maximum Gasteiger partial charge on any atom is 0.336 e. The molecular formula is C21H22N2O5. The van der Waals surface area contributed by atoms with E-state index in [1.807, 2.05) is 19.1 Å². The Labute approximate surface area is 162 Å². The normalized spacial score (nSPS) is 11.0. The van der Waals surface area contributed by atoms with Crippen LogP contribution in [-0.2, 0) is 6.54 Å². The van der Waals surface area contributed by atoms with Crippen molar-refractivity contribution in [1.82, 2.24) is 0 Å². The molecule has 0 atom stereocenters. The Balaban J connectivity index is 2.03. The number of hydrogen-bond acceptors (Lipinski definition) is 6. The van der Waals surface area contributed by atoms with E-state index in [0.717, 1.165) is 16.5 Å². The molecule has 3 rings (SSSR count). The molecule has 0 saturated heterocycles. The average Bonchev–Trinajstić information content (AvgIpc) is 2.64. The Morgan fingerprint density at radius 1 is 1.21 bits per heavy atom. The van der Waals surface area contributed by atoms with Gasteiger partial charge in [0.25, 0.3) is 5.69 Å². The van der Waals surface area contributed by atoms with Crippen LogP contribution in [0.15, 0.2) is 45.6 Å². The summed E-state index contributed by atoms with van der Waals surface area (Å²) in [5.41, 5.74) is 3.52. The first kappa shape index (κ1) is 19.4. The summed E-state index contributed by atoms with van der Waals surface area (Å²) in [6.45, 7) is 6.51. The number of ether oxygens (including phenoxy) is 1. The van der Waals surface area contributed by atoms with Gasteiger partial charge in [0.05, 0.1) is 17.7 Å². The van der Waals surface area contributed by atoms with Gasteiger partial charge in [0, 0.05) is 30.1 Å². The summed E-state index contributed by atoms with van der Waals surface area (Å²) in [7, 11) is 1.50. The second-order valence-electron chi connectivity index (χ2n) is 6.95. The Kier molecular flexibility index (Phi) is 5.35. The fourth-order valence-corrected chi connectivity index (χ4v) is 3.30. The van der Waals surface area contributed by atoms with E-state index in [1.165, 1.54) is 36.9 Å². The predicted octanol–water partition coefficient (Wildman–Crippen LogP) is 4.75. The number of nitro benzene ring substituents is 1. The van der Waals surface area contributed by atoms with Crippen LogP contribution >= 0.6 is 0 Å². The third-order valence-electron chi connectivity index (χ3n) is 4.70. The molecule has 0 aliphatic carbocycles. The van der Waals surface area contributed by atoms with Crippen LogP contribution in [0, 0.1) is 17.0 Å². The molecule has 146 valence electrons. The number of rotatable bonds is 6. The van der Waals surface area contributed by atoms with Gasteiger partial charge in [0.15, 0.2) is 0 Å². The highest BCUT2D eigenvalue weighted by atomic mass is 16.6. The highest BCUT2D eigenvalue weighted by Gasteiger charge is 2.14. The molecule has 2 aromatic carbocycles. The van der Waals surface area contributed by atoms with Crippen LogP contribution in [0.3, 0.4) is 0 Å². The largest absolute Gasteiger partial charge is 0.495 e. The van der Waals surface area contributed by atoms with Gasteiger partial charge in [0.2, 0.25) is 0 Å². The van der Waals surface area contributed by atoms with Crippen molar-refractivity contribution in [2.45, 2.75) is 33.2 Å². The lowest BCUT2D eigenvalue weighted by Crippen LogP contribution is -2.07. The first-order chi connectivity index (χ1) is 13.3. The summed E-state index contributed by atoms with van der Waals surface area (Å²) in [6, 6.07) is 9.70. The van der Waals surface area contributed by atoms with E-state index in [1.54, 1.807) is 0 Å². The van der Waals surface area contributed by atoms with Crippen molar-refractivity contribution < 1.29 is 14.1 Å². The van der Waals surface area contributed by atoms with Crippen molar-refractivity contribution in [3.8, 4) is 5.75 Å². The van der Waals surface area contributed by atoms with Crippen molar-refractivity contribution in [3.63, 3.8) is 0 Å². The standard InChI is InChI=1S/C21H22N2O5/c1-12(2)16-10-17-14(8-21(24)28-20(17)7-13(16)3)11-22-18-9-15(23(25)26)5-6-19(18)27-4/h5-10,12,22H,11H2,1-4H3. The summed E-state index contributed by atoms with van der Waals surface area (Å²) in [6.07, 6.45) is 0. The molecule has 1 aromatic heterocycles. The number of aryl methyl sites for hydroxylation is 1. The number of nitro groups is 1. The van der Waals surface area contributed by atoms with Crippen molar-refractivity contribution in [3.05, 3.63) is 73.6 Å². The maximum absolute atomic E-state index is 12.0. The van der Waals surface area contributed by atoms with Gasteiger partial charge >= 0.3 is 5.63 Å². The van der Waals surface area contributed by atoms with Crippen molar-refractivity contribution >= 4 is 22.3 Å². The smallest absolute Gasteiger partial charge is 0.336 e. The highest BCUT2D eigenvalue weighted by Crippen LogP contribution is 2.31. The van der Waals surface area contributed by atoms with Crippen LogP contribution in [0.4, 0.5) is 11.4 Å². The van der Waals surface area contributed by atoms with Crippen LogP contribution in [0.5, 0.6) is 5.75 Å². The van der Waals surface area contributed by atoms with Gasteiger partial charge in [-0.25, -0.2) is 4.79 Å². The number of non-ortho nitro benzene ring substituents is 1. The third-order valence-corrected chi connectivity index (χ3v) is 4.70. The van der Waals surface area contributed by atoms with E-state index in [0.29, 0.717) is 29.5 Å². The van der Waals surface area contributed by atoms with Gasteiger partial charge in [-0.1, -0.05) is 13.8 Å². The lowest BCUT2D eigenvalue weighted by Gasteiger charge is -2.14. The molecule has 28 heavy (non-hydrogen) atoms. The topological polar surface area (TPSA) is 94.6 Å². The Morgan fingerprint density at radius 3 is 2.61 bits per heavy atom. The zero-order valence-corrected chi connectivity index (χ0v) is 16.2. The summed E-state index contributed by atoms with van der Waals surface area (Å²) in [4.78, 5) is 22.6. The van der Waals surface area contributed by atoms with Crippen molar-refractivity contribution in [2.75, 3.05) is 12.4 Å². The Morgan fingerprint density at radius 2 is 1.96 bits per heavy atom. The van der Waals surface area contributed by atoms with Gasteiger partial charge in [-0.3, -0.25) is 10.1 Å². The van der Waals surface area contributed by atoms with Crippen molar-refractivity contribution in [2.24, 2.45) is 0 Å². The van der Waals surface area contributed by atoms with Crippen LogP contribution in [0.1, 0.15) is 36.5 Å². The molecule has 7 nitrogen and oxygen atoms in total. The van der Waals surface area contributed by atoms with E-state index in [9.17, 15) is 14.9 Å². The molecule has 0 saturated carbocycles. The van der Waals surface area contributed by atoms with Crippen LogP contribution in [-0.4, -0.2) is 12.0 Å². The van der Waals surface area contributed by atoms with Crippen LogP contribution in [0.25, 0.3) is 11.0 Å². The SMILES string of the molecule is COc1ccc([N+](=O)[O-])cc1NCc1cc(=O)oc2cc(C)c(C(C)C)cc12. The third kappa shape index (κ3) is 3.83. The molecule has 3 aromatic rings. The van der Waals surface area contributed by atoms with Crippen molar-refractivity contribution in [1.29, 1.82) is 0 Å². The average molecular weight is 382 g/mol. The van der Waals surface area contributed by atoms with Gasteiger partial charge in [0.1, 0.15) is 11.3 Å². The number of hydrogen-bond donors (Lipinski definition) is 1. The first-order valence-electron chi connectivity index (χ1n) is 8.93. The molecule has 1 heterocycles. The number of methoxy groups -OCH3 is 1. The number of nitrogens with zero attached hydrogens (tertiary/aromatic N) is 1. The zero-order chi connectivity index (χ0) is 20.4. The molecule has 0 aliphatic heterocycles. The number of benzene rings is 2. The molecule has 1 N–H and O–H groups in total. The molecule has 0 fully saturated rings. The number of fused-ring (bicyclic) bond motifs is 1. The second-order valence-corrected chi connectivity index (χ2v) is 6.95. The van der Waals surface area contributed by atoms with Crippen LogP contribution < -0.4 is 15.7 Å². The molecule has 0 radical (unpaired) electrons. The summed E-state index contributed by atoms with van der Waals surface area (Å²) in [5, 5.41) is 15.1. The fraction of sp³-hybridized carbons (Fsp3) is 0.286. The lowest BCUT2D eigenvalue weighted by atomic mass is 9.95. The minimum atomic E-state index is -0.463. The molecule has 0 unspecified atom stereocenters. The van der Waals surface area contributed by atoms with Gasteiger partial charge in [-0.15, -0.1) is 0 Å². The molecule has 7 heteroatoms. The number of anilines is 1. The molecular weight excluding hydrogens is 360 g/mol. The van der Waals surface area contributed by atoms with Gasteiger partial charge < -0.3 is 14.5 Å². The molecule has 0 aliphatic rings. The molecule has 0 bridgehead atoms. The Bertz CT molecular complexity index is 1100.